The van der Waals surface area contributed by atoms with Gasteiger partial charge in [0, 0.05) is 6.61 Å². The van der Waals surface area contributed by atoms with Gasteiger partial charge in [0.05, 0.1) is 30.3 Å². The second-order valence-corrected chi connectivity index (χ2v) is 6.91. The molecule has 1 atom stereocenters. The summed E-state index contributed by atoms with van der Waals surface area (Å²) >= 11 is 0. The predicted octanol–water partition coefficient (Wildman–Crippen LogP) is 2.30. The van der Waals surface area contributed by atoms with Gasteiger partial charge >= 0.3 is 0 Å². The van der Waals surface area contributed by atoms with E-state index in [1.165, 1.54) is 17.4 Å². The molecule has 0 amide bonds. The number of para-hydroxylation sites is 2. The minimum atomic E-state index is -0.176. The van der Waals surface area contributed by atoms with E-state index in [0.29, 0.717) is 40.9 Å². The second-order valence-electron chi connectivity index (χ2n) is 6.91. The lowest BCUT2D eigenvalue weighted by atomic mass is 10.2. The summed E-state index contributed by atoms with van der Waals surface area (Å²) in [5, 5.41) is 4.72. The Balaban J connectivity index is 1.77. The molecular weight excluding hydrogens is 372 g/mol. The molecule has 4 heterocycles. The largest absolute Gasteiger partial charge is 0.482 e. The number of nitrogens with zero attached hydrogens (tertiary/aromatic N) is 6. The van der Waals surface area contributed by atoms with Crippen LogP contribution in [0.2, 0.25) is 0 Å². The summed E-state index contributed by atoms with van der Waals surface area (Å²) in [6, 6.07) is 7.53. The van der Waals surface area contributed by atoms with Crippen molar-refractivity contribution in [3.8, 4) is 0 Å². The lowest BCUT2D eigenvalue weighted by molar-refractivity contribution is 0.0960. The molecule has 148 valence electrons. The summed E-state index contributed by atoms with van der Waals surface area (Å²) < 4.78 is 14.0. The van der Waals surface area contributed by atoms with Crippen LogP contribution >= 0.6 is 0 Å². The Labute approximate surface area is 165 Å². The van der Waals surface area contributed by atoms with Crippen molar-refractivity contribution in [2.45, 2.75) is 32.4 Å². The first-order valence-electron chi connectivity index (χ1n) is 9.68. The highest BCUT2D eigenvalue weighted by Gasteiger charge is 2.22. The van der Waals surface area contributed by atoms with E-state index >= 15 is 0 Å². The van der Waals surface area contributed by atoms with Crippen LogP contribution in [-0.2, 0) is 16.0 Å². The van der Waals surface area contributed by atoms with E-state index in [4.69, 9.17) is 14.5 Å². The number of fused-ring (bicyclic) bond motifs is 4. The molecule has 0 saturated carbocycles. The average molecular weight is 392 g/mol. The Morgan fingerprint density at radius 2 is 2.10 bits per heavy atom. The van der Waals surface area contributed by atoms with Crippen LogP contribution in [0.5, 0.6) is 0 Å². The summed E-state index contributed by atoms with van der Waals surface area (Å²) in [4.78, 5) is 27.2. The van der Waals surface area contributed by atoms with Gasteiger partial charge < -0.3 is 9.47 Å². The van der Waals surface area contributed by atoms with Gasteiger partial charge in [-0.1, -0.05) is 12.1 Å². The van der Waals surface area contributed by atoms with Crippen molar-refractivity contribution >= 4 is 39.6 Å². The summed E-state index contributed by atoms with van der Waals surface area (Å²) in [7, 11) is 0. The molecule has 4 aromatic rings. The van der Waals surface area contributed by atoms with Crippen LogP contribution in [-0.4, -0.2) is 49.9 Å². The van der Waals surface area contributed by atoms with Gasteiger partial charge in [-0.05, 0) is 31.9 Å². The molecule has 1 aromatic carbocycles. The summed E-state index contributed by atoms with van der Waals surface area (Å²) in [5.41, 5.74) is 2.60. The molecular formula is C20H20N6O3. The highest BCUT2D eigenvalue weighted by atomic mass is 16.5. The summed E-state index contributed by atoms with van der Waals surface area (Å²) in [5.74, 6) is 0. The van der Waals surface area contributed by atoms with Crippen molar-refractivity contribution in [2.75, 3.05) is 13.2 Å². The van der Waals surface area contributed by atoms with Crippen LogP contribution in [0.1, 0.15) is 19.8 Å². The summed E-state index contributed by atoms with van der Waals surface area (Å²) in [6.45, 7) is 3.56. The fraction of sp³-hybridized carbons (Fsp3) is 0.350. The maximum Gasteiger partial charge on any atom is 0.265 e. The summed E-state index contributed by atoms with van der Waals surface area (Å²) in [6.07, 6.45) is 4.85. The lowest BCUT2D eigenvalue weighted by Gasteiger charge is -2.11. The highest BCUT2D eigenvalue weighted by Crippen LogP contribution is 2.25. The van der Waals surface area contributed by atoms with Crippen molar-refractivity contribution < 1.29 is 9.47 Å². The van der Waals surface area contributed by atoms with E-state index in [9.17, 15) is 4.79 Å². The van der Waals surface area contributed by atoms with Gasteiger partial charge in [0.2, 0.25) is 0 Å². The first-order chi connectivity index (χ1) is 14.3. The first-order valence-corrected chi connectivity index (χ1v) is 9.68. The smallest absolute Gasteiger partial charge is 0.265 e. The molecule has 0 radical (unpaired) electrons. The van der Waals surface area contributed by atoms with Crippen molar-refractivity contribution in [3.05, 3.63) is 40.9 Å². The maximum atomic E-state index is 13.3. The molecule has 0 aliphatic carbocycles. The zero-order chi connectivity index (χ0) is 19.8. The van der Waals surface area contributed by atoms with Gasteiger partial charge in [-0.2, -0.15) is 4.68 Å². The highest BCUT2D eigenvalue weighted by molar-refractivity contribution is 6.04. The van der Waals surface area contributed by atoms with Gasteiger partial charge in [-0.25, -0.2) is 15.0 Å². The van der Waals surface area contributed by atoms with E-state index in [1.54, 1.807) is 4.57 Å². The number of hydrogen-bond donors (Lipinski definition) is 0. The molecule has 1 aliphatic heterocycles. The van der Waals surface area contributed by atoms with Crippen LogP contribution in [0.15, 0.2) is 40.5 Å². The minimum Gasteiger partial charge on any atom is -0.482 e. The van der Waals surface area contributed by atoms with Crippen LogP contribution in [0, 0.1) is 0 Å². The first kappa shape index (κ1) is 17.7. The van der Waals surface area contributed by atoms with E-state index in [1.807, 2.05) is 31.2 Å². The molecule has 29 heavy (non-hydrogen) atoms. The molecule has 0 spiro atoms. The molecule has 0 bridgehead atoms. The van der Waals surface area contributed by atoms with E-state index in [0.717, 1.165) is 25.0 Å². The molecule has 1 saturated heterocycles. The topological polar surface area (TPSA) is 96.4 Å². The molecule has 5 rings (SSSR count). The molecule has 1 fully saturated rings. The molecule has 3 aromatic heterocycles. The number of rotatable bonds is 5. The lowest BCUT2D eigenvalue weighted by Crippen LogP contribution is -2.26. The molecule has 0 N–H and O–H groups in total. The van der Waals surface area contributed by atoms with Gasteiger partial charge in [0.25, 0.3) is 5.56 Å². The van der Waals surface area contributed by atoms with E-state index in [2.05, 4.69) is 15.1 Å². The standard InChI is InChI=1S/C20H20N6O3/c1-2-28-12-22-26-18-16(17-19(26)24-15-8-4-3-7-14(15)23-17)20(27)25(11-21-18)10-13-6-5-9-29-13/h3-4,7-8,11-13H,2,5-6,9-10H2,1H3. The Morgan fingerprint density at radius 1 is 1.28 bits per heavy atom. The van der Waals surface area contributed by atoms with Gasteiger partial charge in [-0.15, -0.1) is 5.10 Å². The number of hydrogen-bond acceptors (Lipinski definition) is 7. The maximum absolute atomic E-state index is 13.3. The fourth-order valence-electron chi connectivity index (χ4n) is 3.66. The van der Waals surface area contributed by atoms with Crippen LogP contribution in [0.25, 0.3) is 33.2 Å². The van der Waals surface area contributed by atoms with Crippen LogP contribution in [0.4, 0.5) is 0 Å². The second kappa shape index (κ2) is 7.25. The van der Waals surface area contributed by atoms with Crippen molar-refractivity contribution in [3.63, 3.8) is 0 Å². The number of ether oxygens (including phenoxy) is 2. The van der Waals surface area contributed by atoms with Gasteiger partial charge in [0.15, 0.2) is 17.7 Å². The quantitative estimate of drug-likeness (QED) is 0.382. The Bertz CT molecular complexity index is 1290. The molecule has 1 unspecified atom stereocenters. The minimum absolute atomic E-state index is 0.0307. The van der Waals surface area contributed by atoms with E-state index < -0.39 is 0 Å². The fourth-order valence-corrected chi connectivity index (χ4v) is 3.66. The molecule has 9 heteroatoms. The third-order valence-corrected chi connectivity index (χ3v) is 5.04. The third kappa shape index (κ3) is 3.03. The zero-order valence-corrected chi connectivity index (χ0v) is 16.0. The van der Waals surface area contributed by atoms with Crippen LogP contribution in [0.3, 0.4) is 0 Å². The van der Waals surface area contributed by atoms with Crippen molar-refractivity contribution in [2.24, 2.45) is 5.10 Å². The van der Waals surface area contributed by atoms with Crippen LogP contribution < -0.4 is 5.56 Å². The van der Waals surface area contributed by atoms with Gasteiger partial charge in [0.1, 0.15) is 17.2 Å². The zero-order valence-electron chi connectivity index (χ0n) is 16.0. The Morgan fingerprint density at radius 3 is 2.86 bits per heavy atom. The van der Waals surface area contributed by atoms with Crippen molar-refractivity contribution in [1.29, 1.82) is 0 Å². The average Bonchev–Trinajstić information content (AvgIpc) is 3.35. The normalized spacial score (nSPS) is 17.2. The number of benzene rings is 1. The molecule has 1 aliphatic rings. The predicted molar refractivity (Wildman–Crippen MR) is 109 cm³/mol. The number of aromatic nitrogens is 5. The monoisotopic (exact) mass is 392 g/mol. The third-order valence-electron chi connectivity index (χ3n) is 5.04. The Kier molecular flexibility index (Phi) is 4.44. The Hall–Kier alpha value is -3.33. The molecule has 9 nitrogen and oxygen atoms in total. The SMILES string of the molecule is CCOC=Nn1c2nc3ccccc3nc2c2c(=O)n(CC3CCCO3)cnc21. The van der Waals surface area contributed by atoms with E-state index in [-0.39, 0.29) is 11.7 Å². The van der Waals surface area contributed by atoms with Gasteiger partial charge in [-0.3, -0.25) is 9.36 Å². The van der Waals surface area contributed by atoms with Crippen molar-refractivity contribution in [1.82, 2.24) is 24.2 Å².